The van der Waals surface area contributed by atoms with E-state index in [2.05, 4.69) is 46.3 Å². The van der Waals surface area contributed by atoms with Crippen molar-refractivity contribution in [1.82, 2.24) is 15.1 Å². The summed E-state index contributed by atoms with van der Waals surface area (Å²) < 4.78 is 8.14. The largest absolute Gasteiger partial charge is 0.383 e. The van der Waals surface area contributed by atoms with Crippen LogP contribution in [0.3, 0.4) is 0 Å². The highest BCUT2D eigenvalue weighted by Crippen LogP contribution is 2.23. The van der Waals surface area contributed by atoms with E-state index in [9.17, 15) is 0 Å². The lowest BCUT2D eigenvalue weighted by molar-refractivity contribution is 0.199. The molecule has 4 nitrogen and oxygen atoms in total. The number of aryl methyl sites for hydroxylation is 2. The summed E-state index contributed by atoms with van der Waals surface area (Å²) in [7, 11) is 3.74. The summed E-state index contributed by atoms with van der Waals surface area (Å²) in [6.07, 6.45) is 5.25. The van der Waals surface area contributed by atoms with Gasteiger partial charge in [-0.15, -0.1) is 0 Å². The number of rotatable bonds is 9. The standard InChI is InChI=1S/C15H26BrN3O/c1-5-13-15(16)14(19(3)18-13)11-12(2)7-6-8-17-9-10-20-4/h7,17H,5-6,8-11H2,1-4H3. The third kappa shape index (κ3) is 5.38. The lowest BCUT2D eigenvalue weighted by Gasteiger charge is -2.05. The first-order valence-electron chi connectivity index (χ1n) is 7.15. The van der Waals surface area contributed by atoms with E-state index in [0.29, 0.717) is 0 Å². The van der Waals surface area contributed by atoms with E-state index in [1.165, 1.54) is 11.3 Å². The van der Waals surface area contributed by atoms with E-state index in [1.54, 1.807) is 7.11 Å². The molecule has 0 unspecified atom stereocenters. The zero-order chi connectivity index (χ0) is 15.0. The SMILES string of the molecule is CCc1nn(C)c(CC(C)=CCCNCCOC)c1Br. The lowest BCUT2D eigenvalue weighted by atomic mass is 10.1. The first-order chi connectivity index (χ1) is 9.60. The van der Waals surface area contributed by atoms with Crippen molar-refractivity contribution in [2.45, 2.75) is 33.1 Å². The van der Waals surface area contributed by atoms with E-state index in [-0.39, 0.29) is 0 Å². The molecule has 0 atom stereocenters. The molecule has 1 aromatic heterocycles. The molecule has 0 saturated heterocycles. The molecule has 1 rings (SSSR count). The van der Waals surface area contributed by atoms with Gasteiger partial charge in [-0.05, 0) is 42.2 Å². The first kappa shape index (κ1) is 17.4. The van der Waals surface area contributed by atoms with E-state index >= 15 is 0 Å². The molecule has 0 aliphatic carbocycles. The van der Waals surface area contributed by atoms with Crippen molar-refractivity contribution in [3.63, 3.8) is 0 Å². The summed E-state index contributed by atoms with van der Waals surface area (Å²) in [5, 5.41) is 7.87. The Kier molecular flexibility index (Phi) is 8.11. The van der Waals surface area contributed by atoms with Gasteiger partial charge >= 0.3 is 0 Å². The number of hydrogen-bond donors (Lipinski definition) is 1. The molecular formula is C15H26BrN3O. The Bertz CT molecular complexity index is 441. The van der Waals surface area contributed by atoms with E-state index in [0.717, 1.165) is 49.1 Å². The fraction of sp³-hybridized carbons (Fsp3) is 0.667. The van der Waals surface area contributed by atoms with Crippen LogP contribution in [0.15, 0.2) is 16.1 Å². The Morgan fingerprint density at radius 1 is 1.45 bits per heavy atom. The molecule has 20 heavy (non-hydrogen) atoms. The number of aromatic nitrogens is 2. The maximum absolute atomic E-state index is 4.99. The molecule has 1 heterocycles. The predicted molar refractivity (Wildman–Crippen MR) is 87.1 cm³/mol. The van der Waals surface area contributed by atoms with Crippen molar-refractivity contribution in [3.8, 4) is 0 Å². The Hall–Kier alpha value is -0.650. The number of ether oxygens (including phenoxy) is 1. The number of allylic oxidation sites excluding steroid dienone is 1. The minimum absolute atomic E-state index is 0.768. The van der Waals surface area contributed by atoms with Gasteiger partial charge in [-0.25, -0.2) is 0 Å². The van der Waals surface area contributed by atoms with E-state index in [1.807, 2.05) is 11.7 Å². The molecule has 0 fully saturated rings. The van der Waals surface area contributed by atoms with Crippen LogP contribution < -0.4 is 5.32 Å². The van der Waals surface area contributed by atoms with Gasteiger partial charge in [0.25, 0.3) is 0 Å². The van der Waals surface area contributed by atoms with Crippen LogP contribution in [-0.2, 0) is 24.6 Å². The van der Waals surface area contributed by atoms with Gasteiger partial charge in [-0.1, -0.05) is 18.6 Å². The summed E-state index contributed by atoms with van der Waals surface area (Å²) in [5.41, 5.74) is 3.77. The van der Waals surface area contributed by atoms with Crippen LogP contribution in [0.5, 0.6) is 0 Å². The molecule has 1 N–H and O–H groups in total. The van der Waals surface area contributed by atoms with Crippen LogP contribution in [0.1, 0.15) is 31.7 Å². The highest BCUT2D eigenvalue weighted by Gasteiger charge is 2.12. The number of hydrogen-bond acceptors (Lipinski definition) is 3. The minimum Gasteiger partial charge on any atom is -0.383 e. The summed E-state index contributed by atoms with van der Waals surface area (Å²) in [5.74, 6) is 0. The molecule has 1 aromatic rings. The monoisotopic (exact) mass is 343 g/mol. The van der Waals surface area contributed by atoms with Crippen molar-refractivity contribution < 1.29 is 4.74 Å². The average Bonchev–Trinajstić information content (AvgIpc) is 2.70. The van der Waals surface area contributed by atoms with Crippen molar-refractivity contribution in [2.75, 3.05) is 26.8 Å². The summed E-state index contributed by atoms with van der Waals surface area (Å²) in [4.78, 5) is 0. The minimum atomic E-state index is 0.768. The first-order valence-corrected chi connectivity index (χ1v) is 7.95. The average molecular weight is 344 g/mol. The maximum Gasteiger partial charge on any atom is 0.0766 e. The molecule has 0 amide bonds. The van der Waals surface area contributed by atoms with Crippen LogP contribution in [-0.4, -0.2) is 36.6 Å². The fourth-order valence-electron chi connectivity index (χ4n) is 2.07. The second-order valence-electron chi connectivity index (χ2n) is 4.94. The summed E-state index contributed by atoms with van der Waals surface area (Å²) in [6.45, 7) is 6.99. The van der Waals surface area contributed by atoms with Crippen LogP contribution >= 0.6 is 15.9 Å². The highest BCUT2D eigenvalue weighted by atomic mass is 79.9. The van der Waals surface area contributed by atoms with Gasteiger partial charge in [0.05, 0.1) is 22.5 Å². The lowest BCUT2D eigenvalue weighted by Crippen LogP contribution is -2.19. The molecule has 0 aliphatic rings. The van der Waals surface area contributed by atoms with E-state index in [4.69, 9.17) is 4.74 Å². The third-order valence-corrected chi connectivity index (χ3v) is 4.16. The Labute approximate surface area is 130 Å². The van der Waals surface area contributed by atoms with Gasteiger partial charge in [0.2, 0.25) is 0 Å². The summed E-state index contributed by atoms with van der Waals surface area (Å²) >= 11 is 3.66. The predicted octanol–water partition coefficient (Wildman–Crippen LogP) is 2.86. The molecule has 0 spiro atoms. The van der Waals surface area contributed by atoms with Gasteiger partial charge in [0.1, 0.15) is 0 Å². The van der Waals surface area contributed by atoms with Gasteiger partial charge in [-0.2, -0.15) is 5.10 Å². The Balaban J connectivity index is 2.45. The highest BCUT2D eigenvalue weighted by molar-refractivity contribution is 9.10. The molecule has 0 aromatic carbocycles. The number of nitrogens with one attached hydrogen (secondary N) is 1. The van der Waals surface area contributed by atoms with Gasteiger partial charge in [0, 0.05) is 27.1 Å². The fourth-order valence-corrected chi connectivity index (χ4v) is 2.82. The van der Waals surface area contributed by atoms with Crippen LogP contribution in [0.4, 0.5) is 0 Å². The molecule has 0 bridgehead atoms. The van der Waals surface area contributed by atoms with Crippen molar-refractivity contribution in [1.29, 1.82) is 0 Å². The van der Waals surface area contributed by atoms with Gasteiger partial charge < -0.3 is 10.1 Å². The molecule has 0 saturated carbocycles. The van der Waals surface area contributed by atoms with Crippen LogP contribution in [0, 0.1) is 0 Å². The zero-order valence-corrected chi connectivity index (χ0v) is 14.6. The molecular weight excluding hydrogens is 318 g/mol. The molecule has 5 heteroatoms. The van der Waals surface area contributed by atoms with Gasteiger partial charge in [0.15, 0.2) is 0 Å². The molecule has 0 radical (unpaired) electrons. The smallest absolute Gasteiger partial charge is 0.0766 e. The number of nitrogens with zero attached hydrogens (tertiary/aromatic N) is 2. The second-order valence-corrected chi connectivity index (χ2v) is 5.74. The van der Waals surface area contributed by atoms with Gasteiger partial charge in [-0.3, -0.25) is 4.68 Å². The Morgan fingerprint density at radius 3 is 2.80 bits per heavy atom. The van der Waals surface area contributed by atoms with E-state index < -0.39 is 0 Å². The normalized spacial score (nSPS) is 12.2. The quantitative estimate of drug-likeness (QED) is 0.553. The van der Waals surface area contributed by atoms with Crippen molar-refractivity contribution in [3.05, 3.63) is 27.5 Å². The molecule has 114 valence electrons. The van der Waals surface area contributed by atoms with Crippen LogP contribution in [0.2, 0.25) is 0 Å². The van der Waals surface area contributed by atoms with Crippen molar-refractivity contribution in [2.24, 2.45) is 7.05 Å². The third-order valence-electron chi connectivity index (χ3n) is 3.25. The number of halogens is 1. The zero-order valence-electron chi connectivity index (χ0n) is 13.0. The Morgan fingerprint density at radius 2 is 2.20 bits per heavy atom. The number of methoxy groups -OCH3 is 1. The topological polar surface area (TPSA) is 39.1 Å². The molecule has 0 aliphatic heterocycles. The van der Waals surface area contributed by atoms with Crippen LogP contribution in [0.25, 0.3) is 0 Å². The second kappa shape index (κ2) is 9.32. The van der Waals surface area contributed by atoms with Crippen molar-refractivity contribution >= 4 is 15.9 Å². The summed E-state index contributed by atoms with van der Waals surface area (Å²) in [6, 6.07) is 0. The maximum atomic E-state index is 4.99.